The second-order valence-corrected chi connectivity index (χ2v) is 10.6. The Morgan fingerprint density at radius 1 is 1.18 bits per heavy atom. The van der Waals surface area contributed by atoms with Gasteiger partial charge >= 0.3 is 12.1 Å². The first-order chi connectivity index (χ1) is 15.9. The molecule has 1 saturated heterocycles. The molecule has 1 N–H and O–H groups in total. The number of likely N-dealkylation sites (tertiary alicyclic amines) is 1. The number of benzene rings is 1. The van der Waals surface area contributed by atoms with E-state index in [-0.39, 0.29) is 35.5 Å². The number of aromatic carboxylic acids is 1. The van der Waals surface area contributed by atoms with Crippen molar-refractivity contribution in [2.24, 2.45) is 11.3 Å². The molecule has 2 aromatic rings. The van der Waals surface area contributed by atoms with Crippen LogP contribution in [0.4, 0.5) is 4.79 Å². The molecule has 1 unspecified atom stereocenters. The molecule has 184 valence electrons. The molecule has 3 rings (SSSR count). The van der Waals surface area contributed by atoms with Gasteiger partial charge in [-0.15, -0.1) is 0 Å². The summed E-state index contributed by atoms with van der Waals surface area (Å²) in [7, 11) is 0. The van der Waals surface area contributed by atoms with Gasteiger partial charge in [0.15, 0.2) is 11.4 Å². The first-order valence-corrected chi connectivity index (χ1v) is 11.6. The van der Waals surface area contributed by atoms with Gasteiger partial charge in [0.2, 0.25) is 0 Å². The van der Waals surface area contributed by atoms with E-state index < -0.39 is 11.6 Å². The van der Waals surface area contributed by atoms with Crippen LogP contribution < -0.4 is 4.74 Å². The number of nitrogens with zero attached hydrogens (tertiary/aromatic N) is 3. The fourth-order valence-electron chi connectivity index (χ4n) is 4.24. The highest BCUT2D eigenvalue weighted by Gasteiger charge is 2.39. The molecule has 2 heterocycles. The van der Waals surface area contributed by atoms with Crippen molar-refractivity contribution in [3.8, 4) is 5.75 Å². The van der Waals surface area contributed by atoms with Gasteiger partial charge in [-0.25, -0.2) is 19.6 Å². The maximum atomic E-state index is 12.5. The van der Waals surface area contributed by atoms with Crippen LogP contribution in [0.25, 0.3) is 0 Å². The summed E-state index contributed by atoms with van der Waals surface area (Å²) in [4.78, 5) is 35.2. The number of piperidine rings is 1. The summed E-state index contributed by atoms with van der Waals surface area (Å²) in [5.74, 6) is -0.290. The zero-order chi connectivity index (χ0) is 25.1. The number of carbonyl (C=O) groups is 2. The van der Waals surface area contributed by atoms with Crippen LogP contribution in [-0.4, -0.2) is 50.7 Å². The van der Waals surface area contributed by atoms with Crippen LogP contribution in [0.5, 0.6) is 5.75 Å². The maximum absolute atomic E-state index is 12.5. The topological polar surface area (TPSA) is 102 Å². The molecule has 8 nitrogen and oxygen atoms in total. The van der Waals surface area contributed by atoms with Gasteiger partial charge in [-0.1, -0.05) is 44.2 Å². The predicted molar refractivity (Wildman–Crippen MR) is 128 cm³/mol. The Morgan fingerprint density at radius 3 is 2.44 bits per heavy atom. The Labute approximate surface area is 201 Å². The summed E-state index contributed by atoms with van der Waals surface area (Å²) in [6.45, 7) is 12.9. The van der Waals surface area contributed by atoms with Gasteiger partial charge in [0.1, 0.15) is 18.0 Å². The Kier molecular flexibility index (Phi) is 7.48. The quantitative estimate of drug-likeness (QED) is 0.643. The molecule has 8 heteroatoms. The summed E-state index contributed by atoms with van der Waals surface area (Å²) in [6.07, 6.45) is 0.970. The number of ether oxygens (including phenoxy) is 2. The van der Waals surface area contributed by atoms with Crippen molar-refractivity contribution < 1.29 is 24.2 Å². The molecule has 0 saturated carbocycles. The third kappa shape index (κ3) is 6.46. The molecule has 34 heavy (non-hydrogen) atoms. The third-order valence-electron chi connectivity index (χ3n) is 6.04. The summed E-state index contributed by atoms with van der Waals surface area (Å²) < 4.78 is 11.4. The summed E-state index contributed by atoms with van der Waals surface area (Å²) in [6, 6.07) is 9.54. The van der Waals surface area contributed by atoms with Crippen LogP contribution in [-0.2, 0) is 17.8 Å². The van der Waals surface area contributed by atoms with Gasteiger partial charge in [-0.2, -0.15) is 0 Å². The number of rotatable bonds is 6. The van der Waals surface area contributed by atoms with Gasteiger partial charge < -0.3 is 19.5 Å². The number of carboxylic acids is 1. The fraction of sp³-hybridized carbons (Fsp3) is 0.538. The Bertz CT molecular complexity index is 1030. The Hall–Kier alpha value is -3.16. The summed E-state index contributed by atoms with van der Waals surface area (Å²) in [5.41, 5.74) is 0.560. The van der Waals surface area contributed by atoms with Crippen molar-refractivity contribution in [2.45, 2.75) is 66.6 Å². The van der Waals surface area contributed by atoms with Crippen molar-refractivity contribution in [1.82, 2.24) is 14.9 Å². The monoisotopic (exact) mass is 469 g/mol. The number of aromatic nitrogens is 2. The van der Waals surface area contributed by atoms with Crippen molar-refractivity contribution in [1.29, 1.82) is 0 Å². The van der Waals surface area contributed by atoms with E-state index in [4.69, 9.17) is 9.47 Å². The zero-order valence-electron chi connectivity index (χ0n) is 20.9. The van der Waals surface area contributed by atoms with E-state index in [1.165, 1.54) is 0 Å². The predicted octanol–water partition coefficient (Wildman–Crippen LogP) is 4.89. The molecule has 1 amide bonds. The van der Waals surface area contributed by atoms with Gasteiger partial charge in [0.25, 0.3) is 0 Å². The molecule has 0 spiro atoms. The minimum absolute atomic E-state index is 0.123. The lowest BCUT2D eigenvalue weighted by Crippen LogP contribution is -2.50. The molecule has 1 aliphatic rings. The summed E-state index contributed by atoms with van der Waals surface area (Å²) >= 11 is 0. The largest absolute Gasteiger partial charge is 0.484 e. The molecule has 1 fully saturated rings. The number of hydrogen-bond donors (Lipinski definition) is 1. The molecule has 1 aromatic heterocycles. The van der Waals surface area contributed by atoms with Gasteiger partial charge in [-0.05, 0) is 51.0 Å². The van der Waals surface area contributed by atoms with Crippen LogP contribution in [0.2, 0.25) is 0 Å². The van der Waals surface area contributed by atoms with Crippen molar-refractivity contribution in [3.05, 3.63) is 53.1 Å². The minimum Gasteiger partial charge on any atom is -0.484 e. The van der Waals surface area contributed by atoms with E-state index in [1.807, 2.05) is 51.1 Å². The van der Waals surface area contributed by atoms with Crippen LogP contribution in [0.15, 0.2) is 30.3 Å². The number of aryl methyl sites for hydroxylation is 1. The Balaban J connectivity index is 1.74. The highest BCUT2D eigenvalue weighted by atomic mass is 16.6. The van der Waals surface area contributed by atoms with Crippen molar-refractivity contribution >= 4 is 12.1 Å². The fourth-order valence-corrected chi connectivity index (χ4v) is 4.24. The molecule has 1 aromatic carbocycles. The lowest BCUT2D eigenvalue weighted by atomic mass is 9.72. The van der Waals surface area contributed by atoms with E-state index in [1.54, 1.807) is 11.8 Å². The van der Waals surface area contributed by atoms with Crippen LogP contribution in [0.1, 0.15) is 68.6 Å². The number of carboxylic acid groups (broad SMARTS) is 1. The average Bonchev–Trinajstić information content (AvgIpc) is 2.73. The van der Waals surface area contributed by atoms with Crippen molar-refractivity contribution in [3.63, 3.8) is 0 Å². The maximum Gasteiger partial charge on any atom is 0.410 e. The molecule has 0 bridgehead atoms. The van der Waals surface area contributed by atoms with Crippen LogP contribution in [0, 0.1) is 18.3 Å². The number of amides is 1. The zero-order valence-corrected chi connectivity index (χ0v) is 20.9. The normalized spacial score (nSPS) is 17.8. The first kappa shape index (κ1) is 25.5. The van der Waals surface area contributed by atoms with Crippen LogP contribution in [0.3, 0.4) is 0 Å². The van der Waals surface area contributed by atoms with Gasteiger partial charge in [0.05, 0.1) is 5.69 Å². The number of carbonyl (C=O) groups excluding carboxylic acids is 1. The number of hydrogen-bond acceptors (Lipinski definition) is 6. The minimum atomic E-state index is -1.14. The molecule has 0 radical (unpaired) electrons. The Morgan fingerprint density at radius 2 is 1.85 bits per heavy atom. The smallest absolute Gasteiger partial charge is 0.410 e. The second-order valence-electron chi connectivity index (χ2n) is 10.6. The van der Waals surface area contributed by atoms with E-state index in [0.29, 0.717) is 31.0 Å². The molecule has 0 aliphatic carbocycles. The highest BCUT2D eigenvalue weighted by Crippen LogP contribution is 2.37. The summed E-state index contributed by atoms with van der Waals surface area (Å²) in [5, 5.41) is 9.78. The highest BCUT2D eigenvalue weighted by molar-refractivity contribution is 5.88. The lowest BCUT2D eigenvalue weighted by Gasteiger charge is -2.44. The lowest BCUT2D eigenvalue weighted by molar-refractivity contribution is -0.00438. The van der Waals surface area contributed by atoms with Gasteiger partial charge in [0, 0.05) is 19.5 Å². The van der Waals surface area contributed by atoms with E-state index in [0.717, 1.165) is 12.0 Å². The molecular weight excluding hydrogens is 434 g/mol. The van der Waals surface area contributed by atoms with E-state index >= 15 is 0 Å². The first-order valence-electron chi connectivity index (χ1n) is 11.6. The van der Waals surface area contributed by atoms with Gasteiger partial charge in [-0.3, -0.25) is 0 Å². The average molecular weight is 470 g/mol. The molecule has 1 aliphatic heterocycles. The SMILES string of the molecule is Cc1nc(CC2CCN(C(=O)OC(C)(C)C)CC2(C)C)nc(C(=O)O)c1OCc1ccccc1. The standard InChI is InChI=1S/C26H35N3O5/c1-17-22(33-15-18-10-8-7-9-11-18)21(23(30)31)28-20(27-17)14-19-12-13-29(16-26(19,5)6)24(32)34-25(2,3)4/h7-11,19H,12-16H2,1-6H3,(H,30,31). The van der Waals surface area contributed by atoms with Crippen LogP contribution >= 0.6 is 0 Å². The van der Waals surface area contributed by atoms with E-state index in [2.05, 4.69) is 23.8 Å². The second kappa shape index (κ2) is 9.99. The molecular formula is C26H35N3O5. The van der Waals surface area contributed by atoms with E-state index in [9.17, 15) is 14.7 Å². The molecule has 1 atom stereocenters. The third-order valence-corrected chi connectivity index (χ3v) is 6.04. The van der Waals surface area contributed by atoms with Crippen molar-refractivity contribution in [2.75, 3.05) is 13.1 Å².